The first-order valence-electron chi connectivity index (χ1n) is 12.2. The summed E-state index contributed by atoms with van der Waals surface area (Å²) in [5, 5.41) is 6.81. The summed E-state index contributed by atoms with van der Waals surface area (Å²) >= 11 is 0. The Kier molecular flexibility index (Phi) is 12.1. The van der Waals surface area contributed by atoms with E-state index in [9.17, 15) is 14.4 Å². The van der Waals surface area contributed by atoms with Crippen molar-refractivity contribution in [3.05, 3.63) is 35.9 Å². The summed E-state index contributed by atoms with van der Waals surface area (Å²) < 4.78 is 0. The molecule has 0 spiro atoms. The summed E-state index contributed by atoms with van der Waals surface area (Å²) in [6.45, 7) is 2.71. The number of hydrogen-bond acceptors (Lipinski definition) is 4. The molecule has 1 aliphatic carbocycles. The number of ketones is 2. The molecule has 172 valence electrons. The normalized spacial score (nSPS) is 15.0. The van der Waals surface area contributed by atoms with Crippen LogP contribution in [0.3, 0.4) is 0 Å². The average molecular weight is 429 g/mol. The Morgan fingerprint density at radius 3 is 2.39 bits per heavy atom. The third kappa shape index (κ3) is 10.7. The van der Waals surface area contributed by atoms with E-state index in [1.807, 2.05) is 37.3 Å². The first-order chi connectivity index (χ1) is 15.1. The van der Waals surface area contributed by atoms with E-state index in [0.29, 0.717) is 49.5 Å². The third-order valence-electron chi connectivity index (χ3n) is 6.18. The van der Waals surface area contributed by atoms with E-state index in [2.05, 4.69) is 10.6 Å². The van der Waals surface area contributed by atoms with Crippen LogP contribution in [0.25, 0.3) is 0 Å². The van der Waals surface area contributed by atoms with Crippen molar-refractivity contribution in [2.75, 3.05) is 6.54 Å². The van der Waals surface area contributed by atoms with E-state index >= 15 is 0 Å². The molecule has 31 heavy (non-hydrogen) atoms. The largest absolute Gasteiger partial charge is 0.352 e. The highest BCUT2D eigenvalue weighted by Gasteiger charge is 2.18. The smallest absolute Gasteiger partial charge is 0.220 e. The molecule has 0 saturated heterocycles. The van der Waals surface area contributed by atoms with Gasteiger partial charge in [0, 0.05) is 49.9 Å². The molecule has 1 aliphatic rings. The van der Waals surface area contributed by atoms with Crippen molar-refractivity contribution in [1.29, 1.82) is 0 Å². The number of carbonyl (C=O) groups is 3. The topological polar surface area (TPSA) is 75.3 Å². The van der Waals surface area contributed by atoms with Crippen molar-refractivity contribution >= 4 is 17.5 Å². The van der Waals surface area contributed by atoms with Gasteiger partial charge in [-0.3, -0.25) is 14.4 Å². The number of amides is 1. The van der Waals surface area contributed by atoms with Crippen LogP contribution in [0.1, 0.15) is 101 Å². The van der Waals surface area contributed by atoms with Crippen molar-refractivity contribution in [3.8, 4) is 0 Å². The van der Waals surface area contributed by atoms with Gasteiger partial charge in [-0.2, -0.15) is 0 Å². The van der Waals surface area contributed by atoms with Crippen LogP contribution in [0.5, 0.6) is 0 Å². The lowest BCUT2D eigenvalue weighted by Crippen LogP contribution is -2.44. The van der Waals surface area contributed by atoms with Gasteiger partial charge >= 0.3 is 0 Å². The first-order valence-corrected chi connectivity index (χ1v) is 12.2. The number of hydrogen-bond donors (Lipinski definition) is 2. The SMILES string of the molecule is CCC(=O)CCCCCC(CNC1CCCC1)NC(=O)CCCC(=O)c1ccccc1. The zero-order valence-corrected chi connectivity index (χ0v) is 19.2. The maximum Gasteiger partial charge on any atom is 0.220 e. The zero-order valence-electron chi connectivity index (χ0n) is 19.2. The monoisotopic (exact) mass is 428 g/mol. The van der Waals surface area contributed by atoms with Crippen LogP contribution in [-0.4, -0.2) is 36.1 Å². The molecule has 2 N–H and O–H groups in total. The van der Waals surface area contributed by atoms with Gasteiger partial charge in [0.2, 0.25) is 5.91 Å². The Morgan fingerprint density at radius 1 is 0.935 bits per heavy atom. The van der Waals surface area contributed by atoms with E-state index in [1.54, 1.807) is 0 Å². The Morgan fingerprint density at radius 2 is 1.68 bits per heavy atom. The molecule has 5 nitrogen and oxygen atoms in total. The molecule has 1 amide bonds. The highest BCUT2D eigenvalue weighted by atomic mass is 16.2. The fraction of sp³-hybridized carbons (Fsp3) is 0.654. The number of rotatable bonds is 16. The fourth-order valence-electron chi connectivity index (χ4n) is 4.21. The molecule has 2 rings (SSSR count). The number of nitrogens with one attached hydrogen (secondary N) is 2. The number of benzene rings is 1. The van der Waals surface area contributed by atoms with Crippen molar-refractivity contribution in [3.63, 3.8) is 0 Å². The highest BCUT2D eigenvalue weighted by molar-refractivity contribution is 5.96. The van der Waals surface area contributed by atoms with Crippen LogP contribution in [-0.2, 0) is 9.59 Å². The molecule has 1 atom stereocenters. The van der Waals surface area contributed by atoms with Gasteiger partial charge in [0.05, 0.1) is 0 Å². The van der Waals surface area contributed by atoms with Crippen molar-refractivity contribution in [2.45, 2.75) is 102 Å². The molecule has 0 heterocycles. The lowest BCUT2D eigenvalue weighted by atomic mass is 10.0. The molecule has 1 aromatic rings. The second kappa shape index (κ2) is 14.9. The van der Waals surface area contributed by atoms with E-state index in [4.69, 9.17) is 0 Å². The van der Waals surface area contributed by atoms with Crippen LogP contribution in [0.2, 0.25) is 0 Å². The molecular weight excluding hydrogens is 388 g/mol. The summed E-state index contributed by atoms with van der Waals surface area (Å²) in [5.41, 5.74) is 0.711. The van der Waals surface area contributed by atoms with Crippen molar-refractivity contribution in [1.82, 2.24) is 10.6 Å². The molecule has 1 aromatic carbocycles. The molecular formula is C26H40N2O3. The molecule has 1 fully saturated rings. The number of carbonyl (C=O) groups excluding carboxylic acids is 3. The predicted molar refractivity (Wildman–Crippen MR) is 125 cm³/mol. The molecule has 5 heteroatoms. The van der Waals surface area contributed by atoms with E-state index < -0.39 is 0 Å². The first kappa shape index (κ1) is 25.3. The highest BCUT2D eigenvalue weighted by Crippen LogP contribution is 2.18. The maximum atomic E-state index is 12.5. The molecule has 0 aromatic heterocycles. The molecule has 1 saturated carbocycles. The minimum Gasteiger partial charge on any atom is -0.352 e. The Labute approximate surface area is 187 Å². The minimum atomic E-state index is 0.0280. The number of unbranched alkanes of at least 4 members (excludes halogenated alkanes) is 2. The average Bonchev–Trinajstić information content (AvgIpc) is 3.31. The lowest BCUT2D eigenvalue weighted by molar-refractivity contribution is -0.122. The lowest BCUT2D eigenvalue weighted by Gasteiger charge is -2.22. The summed E-state index contributed by atoms with van der Waals surface area (Å²) in [6, 6.07) is 9.94. The van der Waals surface area contributed by atoms with Crippen molar-refractivity contribution < 1.29 is 14.4 Å². The van der Waals surface area contributed by atoms with Crippen LogP contribution >= 0.6 is 0 Å². The molecule has 0 radical (unpaired) electrons. The fourth-order valence-corrected chi connectivity index (χ4v) is 4.21. The van der Waals surface area contributed by atoms with Crippen LogP contribution < -0.4 is 10.6 Å². The van der Waals surface area contributed by atoms with Gasteiger partial charge in [0.1, 0.15) is 5.78 Å². The molecule has 0 aliphatic heterocycles. The standard InChI is InChI=1S/C26H40N2O3/c1-2-24(29)17-8-4-7-16-23(20-27-22-14-9-10-15-22)28-26(31)19-11-18-25(30)21-12-5-3-6-13-21/h3,5-6,12-13,22-23,27H,2,4,7-11,14-20H2,1H3,(H,28,31). The van der Waals surface area contributed by atoms with Crippen LogP contribution in [0.15, 0.2) is 30.3 Å². The Hall–Kier alpha value is -2.01. The second-order valence-electron chi connectivity index (χ2n) is 8.79. The van der Waals surface area contributed by atoms with Gasteiger partial charge < -0.3 is 10.6 Å². The Bertz CT molecular complexity index is 668. The molecule has 0 bridgehead atoms. The van der Waals surface area contributed by atoms with Crippen molar-refractivity contribution in [2.24, 2.45) is 0 Å². The van der Waals surface area contributed by atoms with Crippen LogP contribution in [0, 0.1) is 0 Å². The van der Waals surface area contributed by atoms with Gasteiger partial charge in [0.25, 0.3) is 0 Å². The number of Topliss-reactive ketones (excluding diaryl/α,β-unsaturated/α-hetero) is 2. The predicted octanol–water partition coefficient (Wildman–Crippen LogP) is 4.99. The van der Waals surface area contributed by atoms with E-state index in [1.165, 1.54) is 25.7 Å². The summed E-state index contributed by atoms with van der Waals surface area (Å²) in [5.74, 6) is 0.451. The Balaban J connectivity index is 1.70. The van der Waals surface area contributed by atoms with Crippen LogP contribution in [0.4, 0.5) is 0 Å². The van der Waals surface area contributed by atoms with Gasteiger partial charge in [-0.15, -0.1) is 0 Å². The summed E-state index contributed by atoms with van der Waals surface area (Å²) in [7, 11) is 0. The zero-order chi connectivity index (χ0) is 22.3. The van der Waals surface area contributed by atoms with E-state index in [0.717, 1.165) is 32.2 Å². The summed E-state index contributed by atoms with van der Waals surface area (Å²) in [6.07, 6.45) is 11.6. The van der Waals surface area contributed by atoms with Gasteiger partial charge in [-0.05, 0) is 32.1 Å². The third-order valence-corrected chi connectivity index (χ3v) is 6.18. The van der Waals surface area contributed by atoms with Gasteiger partial charge in [-0.1, -0.05) is 62.9 Å². The van der Waals surface area contributed by atoms with E-state index in [-0.39, 0.29) is 17.7 Å². The van der Waals surface area contributed by atoms with Gasteiger partial charge in [0.15, 0.2) is 5.78 Å². The second-order valence-corrected chi connectivity index (χ2v) is 8.79. The minimum absolute atomic E-state index is 0.0280. The summed E-state index contributed by atoms with van der Waals surface area (Å²) in [4.78, 5) is 36.1. The quantitative estimate of drug-likeness (QED) is 0.287. The van der Waals surface area contributed by atoms with Gasteiger partial charge in [-0.25, -0.2) is 0 Å². The maximum absolute atomic E-state index is 12.5. The molecule has 1 unspecified atom stereocenters.